The summed E-state index contributed by atoms with van der Waals surface area (Å²) in [6.07, 6.45) is 3.87. The van der Waals surface area contributed by atoms with Gasteiger partial charge in [0.05, 0.1) is 0 Å². The van der Waals surface area contributed by atoms with Crippen LogP contribution in [-0.2, 0) is 0 Å². The van der Waals surface area contributed by atoms with Gasteiger partial charge < -0.3 is 4.90 Å². The molecule has 0 heterocycles. The first-order chi connectivity index (χ1) is 10.0. The molecule has 0 aliphatic rings. The van der Waals surface area contributed by atoms with E-state index in [9.17, 15) is 0 Å². The molecule has 2 aromatic rings. The Kier molecular flexibility index (Phi) is 4.87. The van der Waals surface area contributed by atoms with Crippen LogP contribution in [0.25, 0.3) is 5.57 Å². The van der Waals surface area contributed by atoms with E-state index in [1.54, 1.807) is 0 Å². The summed E-state index contributed by atoms with van der Waals surface area (Å²) in [6, 6.07) is 14.4. The topological polar surface area (TPSA) is 3.24 Å². The SMILES string of the molecule is C=CC=C(c1ccc(Cl)cc1)c1ccc(N(C)C)cc1C. The molecule has 0 aliphatic heterocycles. The van der Waals surface area contributed by atoms with Gasteiger partial charge in [0.2, 0.25) is 0 Å². The highest BCUT2D eigenvalue weighted by Crippen LogP contribution is 2.29. The lowest BCUT2D eigenvalue weighted by atomic mass is 9.93. The Hall–Kier alpha value is -1.99. The summed E-state index contributed by atoms with van der Waals surface area (Å²) in [7, 11) is 4.10. The second kappa shape index (κ2) is 6.64. The molecule has 0 aromatic heterocycles. The third-order valence-electron chi connectivity index (χ3n) is 3.46. The van der Waals surface area contributed by atoms with Crippen molar-refractivity contribution >= 4 is 22.9 Å². The van der Waals surface area contributed by atoms with E-state index in [1.807, 2.05) is 50.5 Å². The average Bonchev–Trinajstić information content (AvgIpc) is 2.46. The zero-order valence-electron chi connectivity index (χ0n) is 12.7. The number of benzene rings is 2. The molecule has 0 fully saturated rings. The van der Waals surface area contributed by atoms with Crippen molar-refractivity contribution in [1.82, 2.24) is 0 Å². The van der Waals surface area contributed by atoms with Crippen LogP contribution in [0, 0.1) is 6.92 Å². The molecule has 2 heteroatoms. The minimum Gasteiger partial charge on any atom is -0.378 e. The first kappa shape index (κ1) is 15.4. The minimum atomic E-state index is 0.747. The summed E-state index contributed by atoms with van der Waals surface area (Å²) < 4.78 is 0. The van der Waals surface area contributed by atoms with Gasteiger partial charge in [-0.2, -0.15) is 0 Å². The summed E-state index contributed by atoms with van der Waals surface area (Å²) in [4.78, 5) is 2.11. The Morgan fingerprint density at radius 3 is 2.29 bits per heavy atom. The number of hydrogen-bond donors (Lipinski definition) is 0. The van der Waals surface area contributed by atoms with Gasteiger partial charge in [-0.3, -0.25) is 0 Å². The van der Waals surface area contributed by atoms with Crippen molar-refractivity contribution in [3.8, 4) is 0 Å². The molecule has 0 saturated carbocycles. The Morgan fingerprint density at radius 2 is 1.76 bits per heavy atom. The van der Waals surface area contributed by atoms with E-state index in [0.717, 1.165) is 16.2 Å². The molecule has 0 N–H and O–H groups in total. The van der Waals surface area contributed by atoms with E-state index >= 15 is 0 Å². The van der Waals surface area contributed by atoms with E-state index < -0.39 is 0 Å². The fourth-order valence-electron chi connectivity index (χ4n) is 2.32. The lowest BCUT2D eigenvalue weighted by Crippen LogP contribution is -2.09. The molecule has 21 heavy (non-hydrogen) atoms. The minimum absolute atomic E-state index is 0.747. The smallest absolute Gasteiger partial charge is 0.0406 e. The maximum atomic E-state index is 5.98. The second-order valence-corrected chi connectivity index (χ2v) is 5.65. The first-order valence-electron chi connectivity index (χ1n) is 6.90. The van der Waals surface area contributed by atoms with Crippen molar-refractivity contribution in [2.24, 2.45) is 0 Å². The Labute approximate surface area is 132 Å². The van der Waals surface area contributed by atoms with Crippen LogP contribution in [0.15, 0.2) is 61.2 Å². The van der Waals surface area contributed by atoms with Gasteiger partial charge in [0.15, 0.2) is 0 Å². The van der Waals surface area contributed by atoms with Crippen LogP contribution in [0.3, 0.4) is 0 Å². The van der Waals surface area contributed by atoms with Crippen LogP contribution in [0.4, 0.5) is 5.69 Å². The number of rotatable bonds is 4. The molecular formula is C19H20ClN. The third-order valence-corrected chi connectivity index (χ3v) is 3.71. The molecule has 0 spiro atoms. The van der Waals surface area contributed by atoms with Crippen LogP contribution in [-0.4, -0.2) is 14.1 Å². The lowest BCUT2D eigenvalue weighted by Gasteiger charge is -2.17. The largest absolute Gasteiger partial charge is 0.378 e. The van der Waals surface area contributed by atoms with E-state index in [4.69, 9.17) is 11.6 Å². The van der Waals surface area contributed by atoms with Crippen LogP contribution >= 0.6 is 11.6 Å². The van der Waals surface area contributed by atoms with Crippen LogP contribution in [0.2, 0.25) is 5.02 Å². The highest BCUT2D eigenvalue weighted by atomic mass is 35.5. The maximum absolute atomic E-state index is 5.98. The molecule has 2 rings (SSSR count). The highest BCUT2D eigenvalue weighted by molar-refractivity contribution is 6.30. The zero-order valence-corrected chi connectivity index (χ0v) is 13.5. The molecule has 108 valence electrons. The Balaban J connectivity index is 2.51. The van der Waals surface area contributed by atoms with E-state index in [-0.39, 0.29) is 0 Å². The number of aryl methyl sites for hydroxylation is 1. The quantitative estimate of drug-likeness (QED) is 0.689. The van der Waals surface area contributed by atoms with E-state index in [2.05, 4.69) is 36.6 Å². The molecule has 2 aromatic carbocycles. The maximum Gasteiger partial charge on any atom is 0.0406 e. The molecular weight excluding hydrogens is 278 g/mol. The predicted molar refractivity (Wildman–Crippen MR) is 94.2 cm³/mol. The predicted octanol–water partition coefficient (Wildman–Crippen LogP) is 5.33. The van der Waals surface area contributed by atoms with Crippen molar-refractivity contribution in [2.75, 3.05) is 19.0 Å². The van der Waals surface area contributed by atoms with Gasteiger partial charge in [0.1, 0.15) is 0 Å². The van der Waals surface area contributed by atoms with Crippen LogP contribution in [0.5, 0.6) is 0 Å². The van der Waals surface area contributed by atoms with Gasteiger partial charge in [0, 0.05) is 24.8 Å². The number of nitrogens with zero attached hydrogens (tertiary/aromatic N) is 1. The van der Waals surface area contributed by atoms with Gasteiger partial charge in [-0.15, -0.1) is 0 Å². The van der Waals surface area contributed by atoms with Crippen LogP contribution in [0.1, 0.15) is 16.7 Å². The molecule has 0 amide bonds. The fourth-order valence-corrected chi connectivity index (χ4v) is 2.44. The van der Waals surface area contributed by atoms with Gasteiger partial charge in [-0.1, -0.05) is 48.5 Å². The summed E-state index contributed by atoms with van der Waals surface area (Å²) in [6.45, 7) is 5.97. The zero-order chi connectivity index (χ0) is 15.4. The summed E-state index contributed by atoms with van der Waals surface area (Å²) >= 11 is 5.98. The number of anilines is 1. The van der Waals surface area contributed by atoms with Crippen molar-refractivity contribution in [1.29, 1.82) is 0 Å². The summed E-state index contributed by atoms with van der Waals surface area (Å²) in [5.41, 5.74) is 5.95. The molecule has 0 unspecified atom stereocenters. The number of hydrogen-bond acceptors (Lipinski definition) is 1. The lowest BCUT2D eigenvalue weighted by molar-refractivity contribution is 1.13. The van der Waals surface area contributed by atoms with Gasteiger partial charge >= 0.3 is 0 Å². The van der Waals surface area contributed by atoms with Crippen molar-refractivity contribution < 1.29 is 0 Å². The van der Waals surface area contributed by atoms with E-state index in [0.29, 0.717) is 0 Å². The van der Waals surface area contributed by atoms with Crippen molar-refractivity contribution in [3.05, 3.63) is 82.9 Å². The molecule has 0 aliphatic carbocycles. The fraction of sp³-hybridized carbons (Fsp3) is 0.158. The third kappa shape index (κ3) is 3.56. The average molecular weight is 298 g/mol. The number of halogens is 1. The van der Waals surface area contributed by atoms with Crippen molar-refractivity contribution in [3.63, 3.8) is 0 Å². The highest BCUT2D eigenvalue weighted by Gasteiger charge is 2.08. The van der Waals surface area contributed by atoms with Crippen LogP contribution < -0.4 is 4.90 Å². The van der Waals surface area contributed by atoms with Gasteiger partial charge in [0.25, 0.3) is 0 Å². The standard InChI is InChI=1S/C19H20ClN/c1-5-6-19(15-7-9-16(20)10-8-15)18-12-11-17(21(3)4)13-14(18)2/h5-13H,1H2,2-4H3. The molecule has 0 bridgehead atoms. The first-order valence-corrected chi connectivity index (χ1v) is 7.27. The Morgan fingerprint density at radius 1 is 1.10 bits per heavy atom. The normalized spacial score (nSPS) is 11.3. The van der Waals surface area contributed by atoms with Crippen molar-refractivity contribution in [2.45, 2.75) is 6.92 Å². The molecule has 1 nitrogen and oxygen atoms in total. The van der Waals surface area contributed by atoms with E-state index in [1.165, 1.54) is 16.8 Å². The van der Waals surface area contributed by atoms with Gasteiger partial charge in [-0.05, 0) is 53.5 Å². The molecule has 0 saturated heterocycles. The summed E-state index contributed by atoms with van der Waals surface area (Å²) in [5, 5.41) is 0.747. The monoisotopic (exact) mass is 297 g/mol. The number of allylic oxidation sites excluding steroid dienone is 2. The molecule has 0 atom stereocenters. The molecule has 0 radical (unpaired) electrons. The Bertz CT molecular complexity index is 666. The summed E-state index contributed by atoms with van der Waals surface area (Å²) in [5.74, 6) is 0. The second-order valence-electron chi connectivity index (χ2n) is 5.22. The van der Waals surface area contributed by atoms with Gasteiger partial charge in [-0.25, -0.2) is 0 Å².